The Morgan fingerprint density at radius 3 is 2.81 bits per heavy atom. The fourth-order valence-electron chi connectivity index (χ4n) is 3.89. The molecule has 6 nitrogen and oxygen atoms in total. The highest BCUT2D eigenvalue weighted by Gasteiger charge is 2.25. The van der Waals surface area contributed by atoms with E-state index in [2.05, 4.69) is 26.6 Å². The predicted octanol–water partition coefficient (Wildman–Crippen LogP) is 4.29. The lowest BCUT2D eigenvalue weighted by Crippen LogP contribution is -2.40. The van der Waals surface area contributed by atoms with Crippen LogP contribution < -0.4 is 5.32 Å². The highest BCUT2D eigenvalue weighted by Crippen LogP contribution is 2.20. The molecule has 31 heavy (non-hydrogen) atoms. The number of carbonyl (C=O) groups is 1. The zero-order valence-electron chi connectivity index (χ0n) is 17.9. The first kappa shape index (κ1) is 21.7. The Hall–Kier alpha value is -2.48. The van der Waals surface area contributed by atoms with Gasteiger partial charge >= 0.3 is 0 Å². The number of nitrogens with one attached hydrogen (secondary N) is 1. The first-order chi connectivity index (χ1) is 15.2. The van der Waals surface area contributed by atoms with Gasteiger partial charge in [0.1, 0.15) is 12.4 Å². The summed E-state index contributed by atoms with van der Waals surface area (Å²) in [6, 6.07) is 11.9. The van der Waals surface area contributed by atoms with E-state index in [9.17, 15) is 4.79 Å². The van der Waals surface area contributed by atoms with Crippen molar-refractivity contribution in [2.75, 3.05) is 13.1 Å². The SMILES string of the molecule is Cc1nc(CN2CCC(C(=O)NCc3cccc(COCc4ccco4)c3)CC2)cs1. The third kappa shape index (κ3) is 6.50. The molecule has 1 saturated heterocycles. The molecule has 0 saturated carbocycles. The molecule has 0 spiro atoms. The molecular formula is C24H29N3O3S. The van der Waals surface area contributed by atoms with Crippen LogP contribution in [0.25, 0.3) is 0 Å². The molecule has 1 aromatic carbocycles. The van der Waals surface area contributed by atoms with E-state index >= 15 is 0 Å². The fraction of sp³-hybridized carbons (Fsp3) is 0.417. The van der Waals surface area contributed by atoms with Crippen molar-refractivity contribution in [3.63, 3.8) is 0 Å². The lowest BCUT2D eigenvalue weighted by atomic mass is 9.95. The van der Waals surface area contributed by atoms with Gasteiger partial charge in [-0.1, -0.05) is 24.3 Å². The number of nitrogens with zero attached hydrogens (tertiary/aromatic N) is 2. The largest absolute Gasteiger partial charge is 0.467 e. The van der Waals surface area contributed by atoms with Crippen molar-refractivity contribution >= 4 is 17.2 Å². The lowest BCUT2D eigenvalue weighted by Gasteiger charge is -2.30. The molecule has 2 aromatic heterocycles. The van der Waals surface area contributed by atoms with Crippen LogP contribution in [0.4, 0.5) is 0 Å². The number of ether oxygens (including phenoxy) is 1. The number of amides is 1. The van der Waals surface area contributed by atoms with Gasteiger partial charge in [-0.2, -0.15) is 0 Å². The predicted molar refractivity (Wildman–Crippen MR) is 120 cm³/mol. The summed E-state index contributed by atoms with van der Waals surface area (Å²) in [6.07, 6.45) is 3.44. The Labute approximate surface area is 187 Å². The van der Waals surface area contributed by atoms with Crippen molar-refractivity contribution in [3.05, 3.63) is 75.6 Å². The smallest absolute Gasteiger partial charge is 0.223 e. The van der Waals surface area contributed by atoms with Gasteiger partial charge < -0.3 is 14.5 Å². The second-order valence-electron chi connectivity index (χ2n) is 8.02. The second-order valence-corrected chi connectivity index (χ2v) is 9.08. The molecule has 3 aromatic rings. The minimum Gasteiger partial charge on any atom is -0.467 e. The summed E-state index contributed by atoms with van der Waals surface area (Å²) in [4.78, 5) is 19.6. The number of aromatic nitrogens is 1. The van der Waals surface area contributed by atoms with Crippen LogP contribution in [0.2, 0.25) is 0 Å². The molecule has 0 aliphatic carbocycles. The highest BCUT2D eigenvalue weighted by atomic mass is 32.1. The van der Waals surface area contributed by atoms with Crippen LogP contribution in [-0.4, -0.2) is 28.9 Å². The van der Waals surface area contributed by atoms with Crippen molar-refractivity contribution in [2.45, 2.75) is 46.1 Å². The fourth-order valence-corrected chi connectivity index (χ4v) is 4.49. The number of likely N-dealkylation sites (tertiary alicyclic amines) is 1. The van der Waals surface area contributed by atoms with Gasteiger partial charge in [-0.25, -0.2) is 4.98 Å². The molecule has 0 unspecified atom stereocenters. The van der Waals surface area contributed by atoms with E-state index in [1.54, 1.807) is 17.6 Å². The summed E-state index contributed by atoms with van der Waals surface area (Å²) in [7, 11) is 0. The number of carbonyl (C=O) groups excluding carboxylic acids is 1. The minimum atomic E-state index is 0.0910. The third-order valence-corrected chi connectivity index (χ3v) is 6.38. The average molecular weight is 440 g/mol. The average Bonchev–Trinajstić information content (AvgIpc) is 3.45. The highest BCUT2D eigenvalue weighted by molar-refractivity contribution is 7.09. The van der Waals surface area contributed by atoms with Crippen LogP contribution in [0, 0.1) is 12.8 Å². The summed E-state index contributed by atoms with van der Waals surface area (Å²) in [6.45, 7) is 6.31. The Balaban J connectivity index is 1.18. The number of benzene rings is 1. The van der Waals surface area contributed by atoms with Crippen LogP contribution in [0.1, 0.15) is 40.4 Å². The lowest BCUT2D eigenvalue weighted by molar-refractivity contribution is -0.126. The van der Waals surface area contributed by atoms with Crippen LogP contribution in [-0.2, 0) is 35.8 Å². The molecule has 4 rings (SSSR count). The Kier molecular flexibility index (Phi) is 7.51. The van der Waals surface area contributed by atoms with Gasteiger partial charge in [0, 0.05) is 24.4 Å². The van der Waals surface area contributed by atoms with Gasteiger partial charge in [-0.15, -0.1) is 11.3 Å². The van der Waals surface area contributed by atoms with Crippen molar-refractivity contribution in [1.29, 1.82) is 0 Å². The van der Waals surface area contributed by atoms with Gasteiger partial charge in [0.15, 0.2) is 0 Å². The molecule has 164 valence electrons. The molecule has 0 atom stereocenters. The van der Waals surface area contributed by atoms with Gasteiger partial charge in [-0.05, 0) is 56.1 Å². The van der Waals surface area contributed by atoms with Gasteiger partial charge in [-0.3, -0.25) is 9.69 Å². The topological polar surface area (TPSA) is 67.6 Å². The second kappa shape index (κ2) is 10.7. The summed E-state index contributed by atoms with van der Waals surface area (Å²) >= 11 is 1.69. The number of rotatable bonds is 9. The standard InChI is InChI=1S/C24H29N3O3S/c1-18-26-22(17-31-18)14-27-9-7-21(8-10-27)24(28)25-13-19-4-2-5-20(12-19)15-29-16-23-6-3-11-30-23/h2-6,11-12,17,21H,7-10,13-16H2,1H3,(H,25,28). The van der Waals surface area contributed by atoms with Crippen molar-refractivity contribution < 1.29 is 13.9 Å². The number of thiazole rings is 1. The zero-order valence-corrected chi connectivity index (χ0v) is 18.7. The Morgan fingerprint density at radius 1 is 1.23 bits per heavy atom. The molecule has 1 amide bonds. The van der Waals surface area contributed by atoms with Crippen LogP contribution in [0.15, 0.2) is 52.5 Å². The first-order valence-electron chi connectivity index (χ1n) is 10.7. The normalized spacial score (nSPS) is 15.3. The van der Waals surface area contributed by atoms with Crippen LogP contribution >= 0.6 is 11.3 Å². The van der Waals surface area contributed by atoms with Crippen LogP contribution in [0.3, 0.4) is 0 Å². The number of furan rings is 1. The number of hydrogen-bond donors (Lipinski definition) is 1. The maximum Gasteiger partial charge on any atom is 0.223 e. The van der Waals surface area contributed by atoms with Gasteiger partial charge in [0.25, 0.3) is 0 Å². The summed E-state index contributed by atoms with van der Waals surface area (Å²) in [5.74, 6) is 1.06. The molecule has 3 heterocycles. The summed E-state index contributed by atoms with van der Waals surface area (Å²) in [5, 5.41) is 6.36. The number of aryl methyl sites for hydroxylation is 1. The summed E-state index contributed by atoms with van der Waals surface area (Å²) < 4.78 is 11.0. The zero-order chi connectivity index (χ0) is 21.5. The molecule has 1 fully saturated rings. The molecule has 0 radical (unpaired) electrons. The molecule has 1 N–H and O–H groups in total. The van der Waals surface area contributed by atoms with Crippen LogP contribution in [0.5, 0.6) is 0 Å². The quantitative estimate of drug-likeness (QED) is 0.539. The summed E-state index contributed by atoms with van der Waals surface area (Å²) in [5.41, 5.74) is 3.31. The number of hydrogen-bond acceptors (Lipinski definition) is 6. The van der Waals surface area contributed by atoms with E-state index in [-0.39, 0.29) is 11.8 Å². The van der Waals surface area contributed by atoms with Crippen molar-refractivity contribution in [1.82, 2.24) is 15.2 Å². The van der Waals surface area contributed by atoms with Gasteiger partial charge in [0.2, 0.25) is 5.91 Å². The molecule has 1 aliphatic rings. The van der Waals surface area contributed by atoms with E-state index in [1.165, 1.54) is 0 Å². The monoisotopic (exact) mass is 439 g/mol. The molecular weight excluding hydrogens is 410 g/mol. The molecule has 7 heteroatoms. The Morgan fingerprint density at radius 2 is 2.06 bits per heavy atom. The third-order valence-electron chi connectivity index (χ3n) is 5.56. The maximum absolute atomic E-state index is 12.7. The minimum absolute atomic E-state index is 0.0910. The van der Waals surface area contributed by atoms with Gasteiger partial charge in [0.05, 0.1) is 23.6 Å². The number of piperidine rings is 1. The van der Waals surface area contributed by atoms with E-state index in [1.807, 2.05) is 37.3 Å². The Bertz CT molecular complexity index is 962. The molecule has 1 aliphatic heterocycles. The van der Waals surface area contributed by atoms with Crippen molar-refractivity contribution in [3.8, 4) is 0 Å². The van der Waals surface area contributed by atoms with E-state index in [4.69, 9.17) is 9.15 Å². The maximum atomic E-state index is 12.7. The molecule has 0 bridgehead atoms. The van der Waals surface area contributed by atoms with E-state index in [0.29, 0.717) is 19.8 Å². The van der Waals surface area contributed by atoms with Crippen molar-refractivity contribution in [2.24, 2.45) is 5.92 Å². The van der Waals surface area contributed by atoms with E-state index < -0.39 is 0 Å². The van der Waals surface area contributed by atoms with E-state index in [0.717, 1.165) is 60.1 Å². The first-order valence-corrected chi connectivity index (χ1v) is 11.6.